The van der Waals surface area contributed by atoms with Crippen molar-refractivity contribution in [2.45, 2.75) is 69.9 Å². The standard InChI is InChI=1S/C15H28O5/c1-2-3-4-5-6-7-8-9-19-13-11-20-15(14(13)18)12(17)10-16/h8-9,12-18H,2-7,10-11H2,1H3/b9-8+/t12-,13+,14-,15-/m0/s1. The summed E-state index contributed by atoms with van der Waals surface area (Å²) in [5, 5.41) is 28.2. The maximum atomic E-state index is 9.90. The summed E-state index contributed by atoms with van der Waals surface area (Å²) < 4.78 is 10.7. The third-order valence-electron chi connectivity index (χ3n) is 3.56. The molecule has 5 nitrogen and oxygen atoms in total. The van der Waals surface area contributed by atoms with Crippen LogP contribution in [0.3, 0.4) is 0 Å². The fraction of sp³-hybridized carbons (Fsp3) is 0.867. The smallest absolute Gasteiger partial charge is 0.149 e. The van der Waals surface area contributed by atoms with E-state index in [1.807, 2.05) is 6.08 Å². The van der Waals surface area contributed by atoms with Gasteiger partial charge < -0.3 is 24.8 Å². The molecule has 1 saturated heterocycles. The average Bonchev–Trinajstić information content (AvgIpc) is 2.82. The molecule has 0 unspecified atom stereocenters. The Balaban J connectivity index is 2.13. The molecule has 0 bridgehead atoms. The highest BCUT2D eigenvalue weighted by Crippen LogP contribution is 2.20. The molecule has 1 rings (SSSR count). The molecule has 0 aromatic heterocycles. The lowest BCUT2D eigenvalue weighted by molar-refractivity contribution is -0.0689. The van der Waals surface area contributed by atoms with Crippen LogP contribution < -0.4 is 0 Å². The van der Waals surface area contributed by atoms with Crippen molar-refractivity contribution in [2.75, 3.05) is 13.2 Å². The van der Waals surface area contributed by atoms with E-state index in [1.165, 1.54) is 25.7 Å². The second-order valence-corrected chi connectivity index (χ2v) is 5.29. The monoisotopic (exact) mass is 288 g/mol. The van der Waals surface area contributed by atoms with Gasteiger partial charge in [0.25, 0.3) is 0 Å². The number of aliphatic hydroxyl groups excluding tert-OH is 3. The Bertz CT molecular complexity index is 269. The Hall–Kier alpha value is -0.620. The zero-order chi connectivity index (χ0) is 14.8. The molecule has 0 aromatic rings. The fourth-order valence-corrected chi connectivity index (χ4v) is 2.27. The molecule has 0 aromatic carbocycles. The molecular weight excluding hydrogens is 260 g/mol. The van der Waals surface area contributed by atoms with Crippen LogP contribution in [-0.4, -0.2) is 52.9 Å². The number of rotatable bonds is 10. The van der Waals surface area contributed by atoms with Gasteiger partial charge in [-0.1, -0.05) is 32.6 Å². The van der Waals surface area contributed by atoms with E-state index in [9.17, 15) is 10.2 Å². The van der Waals surface area contributed by atoms with Crippen molar-refractivity contribution < 1.29 is 24.8 Å². The first-order chi connectivity index (χ1) is 9.70. The van der Waals surface area contributed by atoms with Crippen LogP contribution in [0.2, 0.25) is 0 Å². The van der Waals surface area contributed by atoms with Gasteiger partial charge in [-0.25, -0.2) is 0 Å². The molecule has 118 valence electrons. The fourth-order valence-electron chi connectivity index (χ4n) is 2.27. The first-order valence-corrected chi connectivity index (χ1v) is 7.59. The van der Waals surface area contributed by atoms with E-state index in [2.05, 4.69) is 6.92 Å². The summed E-state index contributed by atoms with van der Waals surface area (Å²) in [5.74, 6) is 0. The Morgan fingerprint density at radius 1 is 1.30 bits per heavy atom. The highest BCUT2D eigenvalue weighted by atomic mass is 16.6. The van der Waals surface area contributed by atoms with E-state index in [4.69, 9.17) is 14.6 Å². The Morgan fingerprint density at radius 2 is 2.05 bits per heavy atom. The first kappa shape index (κ1) is 17.4. The maximum absolute atomic E-state index is 9.90. The minimum absolute atomic E-state index is 0.226. The Morgan fingerprint density at radius 3 is 2.75 bits per heavy atom. The highest BCUT2D eigenvalue weighted by molar-refractivity contribution is 4.90. The number of hydrogen-bond donors (Lipinski definition) is 3. The van der Waals surface area contributed by atoms with Crippen molar-refractivity contribution in [3.63, 3.8) is 0 Å². The second-order valence-electron chi connectivity index (χ2n) is 5.29. The van der Waals surface area contributed by atoms with Crippen LogP contribution in [-0.2, 0) is 9.47 Å². The average molecular weight is 288 g/mol. The minimum Gasteiger partial charge on any atom is -0.493 e. The van der Waals surface area contributed by atoms with E-state index in [0.29, 0.717) is 0 Å². The van der Waals surface area contributed by atoms with Gasteiger partial charge in [-0.05, 0) is 18.9 Å². The maximum Gasteiger partial charge on any atom is 0.149 e. The third-order valence-corrected chi connectivity index (χ3v) is 3.56. The molecule has 5 heteroatoms. The summed E-state index contributed by atoms with van der Waals surface area (Å²) in [6.07, 6.45) is 7.50. The number of aliphatic hydroxyl groups is 3. The van der Waals surface area contributed by atoms with Gasteiger partial charge in [0, 0.05) is 0 Å². The predicted octanol–water partition coefficient (Wildman–Crippen LogP) is 1.36. The molecule has 1 aliphatic heterocycles. The number of hydrogen-bond acceptors (Lipinski definition) is 5. The van der Waals surface area contributed by atoms with Crippen molar-refractivity contribution in [1.29, 1.82) is 0 Å². The SMILES string of the molecule is CCCCCCC/C=C/O[C@@H]1CO[C@@H]([C@@H](O)CO)[C@H]1O. The quantitative estimate of drug-likeness (QED) is 0.418. The summed E-state index contributed by atoms with van der Waals surface area (Å²) in [7, 11) is 0. The van der Waals surface area contributed by atoms with Crippen LogP contribution in [0, 0.1) is 0 Å². The Labute approximate surface area is 121 Å². The molecule has 1 fully saturated rings. The first-order valence-electron chi connectivity index (χ1n) is 7.59. The van der Waals surface area contributed by atoms with Gasteiger partial charge in [-0.2, -0.15) is 0 Å². The highest BCUT2D eigenvalue weighted by Gasteiger charge is 2.40. The molecule has 4 atom stereocenters. The van der Waals surface area contributed by atoms with Crippen LogP contribution in [0.25, 0.3) is 0 Å². The van der Waals surface area contributed by atoms with Crippen LogP contribution in [0.5, 0.6) is 0 Å². The van der Waals surface area contributed by atoms with Gasteiger partial charge in [-0.3, -0.25) is 0 Å². The molecule has 3 N–H and O–H groups in total. The van der Waals surface area contributed by atoms with Gasteiger partial charge in [-0.15, -0.1) is 0 Å². The van der Waals surface area contributed by atoms with Crippen molar-refractivity contribution in [3.05, 3.63) is 12.3 Å². The minimum atomic E-state index is -1.07. The molecular formula is C15H28O5. The van der Waals surface area contributed by atoms with E-state index in [-0.39, 0.29) is 6.61 Å². The van der Waals surface area contributed by atoms with E-state index in [1.54, 1.807) is 6.26 Å². The van der Waals surface area contributed by atoms with Crippen molar-refractivity contribution in [1.82, 2.24) is 0 Å². The van der Waals surface area contributed by atoms with Gasteiger partial charge >= 0.3 is 0 Å². The molecule has 0 saturated carbocycles. The molecule has 0 amide bonds. The third kappa shape index (κ3) is 5.79. The molecule has 20 heavy (non-hydrogen) atoms. The van der Waals surface area contributed by atoms with Gasteiger partial charge in [0.2, 0.25) is 0 Å². The van der Waals surface area contributed by atoms with Crippen molar-refractivity contribution in [2.24, 2.45) is 0 Å². The molecule has 1 aliphatic rings. The molecule has 0 radical (unpaired) electrons. The van der Waals surface area contributed by atoms with E-state index < -0.39 is 31.0 Å². The topological polar surface area (TPSA) is 79.2 Å². The van der Waals surface area contributed by atoms with E-state index >= 15 is 0 Å². The normalized spacial score (nSPS) is 28.1. The molecule has 0 aliphatic carbocycles. The molecule has 0 spiro atoms. The second kappa shape index (κ2) is 10.2. The summed E-state index contributed by atoms with van der Waals surface area (Å²) in [6.45, 7) is 2.00. The predicted molar refractivity (Wildman–Crippen MR) is 76.2 cm³/mol. The largest absolute Gasteiger partial charge is 0.493 e. The number of unbranched alkanes of at least 4 members (excludes halogenated alkanes) is 5. The van der Waals surface area contributed by atoms with E-state index in [0.717, 1.165) is 12.8 Å². The Kier molecular flexibility index (Phi) is 8.85. The lowest BCUT2D eigenvalue weighted by Gasteiger charge is -2.20. The van der Waals surface area contributed by atoms with Crippen LogP contribution in [0.1, 0.15) is 45.4 Å². The molecule has 1 heterocycles. The number of allylic oxidation sites excluding steroid dienone is 1. The van der Waals surface area contributed by atoms with Crippen LogP contribution in [0.15, 0.2) is 12.3 Å². The zero-order valence-corrected chi connectivity index (χ0v) is 12.3. The lowest BCUT2D eigenvalue weighted by atomic mass is 10.1. The van der Waals surface area contributed by atoms with Gasteiger partial charge in [0.1, 0.15) is 24.4 Å². The summed E-state index contributed by atoms with van der Waals surface area (Å²) in [4.78, 5) is 0. The summed E-state index contributed by atoms with van der Waals surface area (Å²) >= 11 is 0. The summed E-state index contributed by atoms with van der Waals surface area (Å²) in [6, 6.07) is 0. The van der Waals surface area contributed by atoms with Crippen LogP contribution in [0.4, 0.5) is 0 Å². The van der Waals surface area contributed by atoms with Crippen molar-refractivity contribution >= 4 is 0 Å². The van der Waals surface area contributed by atoms with Crippen molar-refractivity contribution in [3.8, 4) is 0 Å². The van der Waals surface area contributed by atoms with Gasteiger partial charge in [0.15, 0.2) is 0 Å². The van der Waals surface area contributed by atoms with Crippen LogP contribution >= 0.6 is 0 Å². The number of ether oxygens (including phenoxy) is 2. The summed E-state index contributed by atoms with van der Waals surface area (Å²) in [5.41, 5.74) is 0. The zero-order valence-electron chi connectivity index (χ0n) is 12.3. The lowest BCUT2D eigenvalue weighted by Crippen LogP contribution is -2.40. The van der Waals surface area contributed by atoms with Gasteiger partial charge in [0.05, 0.1) is 19.5 Å².